The van der Waals surface area contributed by atoms with Crippen LogP contribution in [0.5, 0.6) is 5.75 Å². The number of benzene rings is 1. The number of amides is 2. The molecular weight excluding hydrogens is 340 g/mol. The summed E-state index contributed by atoms with van der Waals surface area (Å²) >= 11 is 3.32. The van der Waals surface area contributed by atoms with Crippen LogP contribution in [0.4, 0.5) is 0 Å². The Morgan fingerprint density at radius 1 is 1.43 bits per heavy atom. The molecule has 7 heteroatoms. The number of hydrogen-bond donors (Lipinski definition) is 2. The summed E-state index contributed by atoms with van der Waals surface area (Å²) in [5, 5.41) is 12.7. The van der Waals surface area contributed by atoms with Crippen LogP contribution < -0.4 is 10.1 Å². The van der Waals surface area contributed by atoms with Gasteiger partial charge < -0.3 is 15.2 Å². The number of aliphatic hydroxyl groups excluding tert-OH is 1. The topological polar surface area (TPSA) is 78.9 Å². The molecule has 0 saturated carbocycles. The second kappa shape index (κ2) is 7.02. The predicted octanol–water partition coefficient (Wildman–Crippen LogP) is 0.536. The van der Waals surface area contributed by atoms with E-state index in [1.54, 1.807) is 12.1 Å². The fraction of sp³-hybridized carbons (Fsp3) is 0.429. The van der Waals surface area contributed by atoms with E-state index < -0.39 is 12.1 Å². The first kappa shape index (κ1) is 15.9. The zero-order chi connectivity index (χ0) is 15.4. The highest BCUT2D eigenvalue weighted by molar-refractivity contribution is 9.10. The van der Waals surface area contributed by atoms with Crippen LogP contribution in [-0.2, 0) is 9.59 Å². The number of carbonyl (C=O) groups excluding carboxylic acids is 2. The average molecular weight is 357 g/mol. The molecule has 0 aliphatic carbocycles. The molecule has 21 heavy (non-hydrogen) atoms. The van der Waals surface area contributed by atoms with Gasteiger partial charge in [0.25, 0.3) is 0 Å². The van der Waals surface area contributed by atoms with Gasteiger partial charge in [-0.15, -0.1) is 0 Å². The fourth-order valence-corrected chi connectivity index (χ4v) is 2.24. The minimum atomic E-state index is -0.762. The van der Waals surface area contributed by atoms with Gasteiger partial charge in [0.15, 0.2) is 0 Å². The third-order valence-corrected chi connectivity index (χ3v) is 3.77. The number of likely N-dealkylation sites (tertiary alicyclic amines) is 1. The lowest BCUT2D eigenvalue weighted by Gasteiger charge is -2.16. The Balaban J connectivity index is 1.73. The number of nitrogens with zero attached hydrogens (tertiary/aromatic N) is 1. The van der Waals surface area contributed by atoms with E-state index >= 15 is 0 Å². The molecule has 1 aromatic rings. The van der Waals surface area contributed by atoms with Crippen molar-refractivity contribution >= 4 is 27.7 Å². The van der Waals surface area contributed by atoms with Gasteiger partial charge in [0, 0.05) is 18.1 Å². The zero-order valence-electron chi connectivity index (χ0n) is 11.6. The quantitative estimate of drug-likeness (QED) is 0.727. The van der Waals surface area contributed by atoms with Gasteiger partial charge in [-0.1, -0.05) is 15.9 Å². The van der Waals surface area contributed by atoms with E-state index in [-0.39, 0.29) is 31.4 Å². The first-order valence-electron chi connectivity index (χ1n) is 6.57. The molecule has 114 valence electrons. The Labute approximate surface area is 131 Å². The summed E-state index contributed by atoms with van der Waals surface area (Å²) in [7, 11) is 1.46. The van der Waals surface area contributed by atoms with Crippen LogP contribution in [0.3, 0.4) is 0 Å². The summed E-state index contributed by atoms with van der Waals surface area (Å²) in [6.45, 7) is 0.299. The number of ether oxygens (including phenoxy) is 1. The van der Waals surface area contributed by atoms with Crippen LogP contribution in [-0.4, -0.2) is 54.2 Å². The van der Waals surface area contributed by atoms with Gasteiger partial charge >= 0.3 is 0 Å². The molecule has 1 aromatic carbocycles. The van der Waals surface area contributed by atoms with E-state index in [2.05, 4.69) is 21.2 Å². The van der Waals surface area contributed by atoms with Crippen molar-refractivity contribution in [2.75, 3.05) is 20.2 Å². The van der Waals surface area contributed by atoms with Crippen molar-refractivity contribution in [1.82, 2.24) is 10.2 Å². The molecule has 2 atom stereocenters. The molecule has 2 rings (SSSR count). The number of imide groups is 1. The fourth-order valence-electron chi connectivity index (χ4n) is 1.98. The van der Waals surface area contributed by atoms with E-state index in [9.17, 15) is 14.7 Å². The Kier molecular flexibility index (Phi) is 5.33. The monoisotopic (exact) mass is 356 g/mol. The summed E-state index contributed by atoms with van der Waals surface area (Å²) in [5.41, 5.74) is 0. The van der Waals surface area contributed by atoms with E-state index in [0.29, 0.717) is 5.75 Å². The van der Waals surface area contributed by atoms with Crippen molar-refractivity contribution < 1.29 is 19.4 Å². The molecular formula is C14H17BrN2O4. The third-order valence-electron chi connectivity index (χ3n) is 3.24. The summed E-state index contributed by atoms with van der Waals surface area (Å²) in [6.07, 6.45) is -0.627. The first-order chi connectivity index (χ1) is 9.97. The Bertz CT molecular complexity index is 520. The lowest BCUT2D eigenvalue weighted by atomic mass is 10.2. The molecule has 0 radical (unpaired) electrons. The lowest BCUT2D eigenvalue weighted by Crippen LogP contribution is -2.42. The number of aliphatic hydroxyl groups is 1. The van der Waals surface area contributed by atoms with Crippen LogP contribution in [0.1, 0.15) is 6.42 Å². The van der Waals surface area contributed by atoms with Gasteiger partial charge in [-0.05, 0) is 24.3 Å². The number of hydrogen-bond acceptors (Lipinski definition) is 5. The summed E-state index contributed by atoms with van der Waals surface area (Å²) in [5.74, 6) is 0.184. The molecule has 2 unspecified atom stereocenters. The van der Waals surface area contributed by atoms with Gasteiger partial charge in [0.1, 0.15) is 18.5 Å². The Hall–Kier alpha value is -1.44. The normalized spacial score (nSPS) is 20.0. The number of nitrogens with one attached hydrogen (secondary N) is 1. The summed E-state index contributed by atoms with van der Waals surface area (Å²) < 4.78 is 6.38. The van der Waals surface area contributed by atoms with Crippen LogP contribution in [0, 0.1) is 0 Å². The minimum Gasteiger partial charge on any atom is -0.491 e. The van der Waals surface area contributed by atoms with E-state index in [4.69, 9.17) is 4.74 Å². The van der Waals surface area contributed by atoms with Crippen molar-refractivity contribution in [1.29, 1.82) is 0 Å². The molecule has 1 fully saturated rings. The largest absolute Gasteiger partial charge is 0.491 e. The molecule has 2 N–H and O–H groups in total. The SMILES string of the molecule is CN1C(=O)CC(NCC(O)COc2ccc(Br)cc2)C1=O. The van der Waals surface area contributed by atoms with Gasteiger partial charge in [-0.2, -0.15) is 0 Å². The molecule has 1 aliphatic heterocycles. The highest BCUT2D eigenvalue weighted by Gasteiger charge is 2.35. The van der Waals surface area contributed by atoms with E-state index in [0.717, 1.165) is 9.37 Å². The lowest BCUT2D eigenvalue weighted by molar-refractivity contribution is -0.137. The Morgan fingerprint density at radius 2 is 2.10 bits per heavy atom. The first-order valence-corrected chi connectivity index (χ1v) is 7.37. The molecule has 0 aromatic heterocycles. The number of likely N-dealkylation sites (N-methyl/N-ethyl adjacent to an activating group) is 1. The number of carbonyl (C=O) groups is 2. The third kappa shape index (κ3) is 4.26. The van der Waals surface area contributed by atoms with Gasteiger partial charge in [-0.3, -0.25) is 14.5 Å². The maximum absolute atomic E-state index is 11.7. The maximum Gasteiger partial charge on any atom is 0.246 e. The highest BCUT2D eigenvalue weighted by Crippen LogP contribution is 2.16. The molecule has 6 nitrogen and oxygen atoms in total. The van der Waals surface area contributed by atoms with Gasteiger partial charge in [0.2, 0.25) is 11.8 Å². The maximum atomic E-state index is 11.7. The van der Waals surface area contributed by atoms with E-state index in [1.807, 2.05) is 12.1 Å². The molecule has 1 aliphatic rings. The second-order valence-electron chi connectivity index (χ2n) is 4.87. The highest BCUT2D eigenvalue weighted by atomic mass is 79.9. The van der Waals surface area contributed by atoms with Gasteiger partial charge in [-0.25, -0.2) is 0 Å². The van der Waals surface area contributed by atoms with Crippen molar-refractivity contribution in [2.24, 2.45) is 0 Å². The average Bonchev–Trinajstić information content (AvgIpc) is 2.72. The van der Waals surface area contributed by atoms with Crippen LogP contribution >= 0.6 is 15.9 Å². The van der Waals surface area contributed by atoms with Crippen molar-refractivity contribution in [2.45, 2.75) is 18.6 Å². The van der Waals surface area contributed by atoms with E-state index in [1.165, 1.54) is 7.05 Å². The van der Waals surface area contributed by atoms with Crippen molar-refractivity contribution in [3.05, 3.63) is 28.7 Å². The standard InChI is InChI=1S/C14H17BrN2O4/c1-17-13(19)6-12(14(17)20)16-7-10(18)8-21-11-4-2-9(15)3-5-11/h2-5,10,12,16,18H,6-8H2,1H3. The van der Waals surface area contributed by atoms with Crippen molar-refractivity contribution in [3.63, 3.8) is 0 Å². The predicted molar refractivity (Wildman–Crippen MR) is 79.8 cm³/mol. The molecule has 1 heterocycles. The summed E-state index contributed by atoms with van der Waals surface area (Å²) in [4.78, 5) is 24.1. The van der Waals surface area contributed by atoms with Crippen LogP contribution in [0.25, 0.3) is 0 Å². The number of rotatable bonds is 6. The second-order valence-corrected chi connectivity index (χ2v) is 5.79. The number of halogens is 1. The van der Waals surface area contributed by atoms with Gasteiger partial charge in [0.05, 0.1) is 12.5 Å². The minimum absolute atomic E-state index is 0.110. The molecule has 0 bridgehead atoms. The smallest absolute Gasteiger partial charge is 0.246 e. The summed E-state index contributed by atoms with van der Waals surface area (Å²) in [6, 6.07) is 6.72. The Morgan fingerprint density at radius 3 is 2.67 bits per heavy atom. The van der Waals surface area contributed by atoms with Crippen molar-refractivity contribution in [3.8, 4) is 5.75 Å². The molecule has 0 spiro atoms. The molecule has 1 saturated heterocycles. The van der Waals surface area contributed by atoms with Crippen LogP contribution in [0.15, 0.2) is 28.7 Å². The van der Waals surface area contributed by atoms with Crippen LogP contribution in [0.2, 0.25) is 0 Å². The zero-order valence-corrected chi connectivity index (χ0v) is 13.2. The molecule has 2 amide bonds.